The minimum atomic E-state index is 0.301. The molecule has 0 radical (unpaired) electrons. The lowest BCUT2D eigenvalue weighted by molar-refractivity contribution is 0.141. The first-order valence-corrected chi connectivity index (χ1v) is 6.73. The van der Waals surface area contributed by atoms with Gasteiger partial charge in [-0.3, -0.25) is 11.3 Å². The Balaban J connectivity index is 2.26. The van der Waals surface area contributed by atoms with Gasteiger partial charge >= 0.3 is 0 Å². The van der Waals surface area contributed by atoms with Gasteiger partial charge < -0.3 is 4.74 Å². The molecule has 0 amide bonds. The molecule has 5 heteroatoms. The molecule has 3 N–H and O–H groups in total. The normalized spacial score (nSPS) is 12.9. The second-order valence-electron chi connectivity index (χ2n) is 3.61. The van der Waals surface area contributed by atoms with Crippen LogP contribution in [0.3, 0.4) is 0 Å². The quantitative estimate of drug-likeness (QED) is 0.430. The van der Waals surface area contributed by atoms with Crippen molar-refractivity contribution in [2.75, 3.05) is 13.2 Å². The fourth-order valence-corrected chi connectivity index (χ4v) is 2.69. The average molecular weight is 263 g/mol. The zero-order valence-electron chi connectivity index (χ0n) is 9.54. The van der Waals surface area contributed by atoms with E-state index in [-0.39, 0.29) is 0 Å². The highest BCUT2D eigenvalue weighted by atomic mass is 35.5. The molecular weight excluding hydrogens is 244 g/mol. The van der Waals surface area contributed by atoms with Crippen molar-refractivity contribution >= 4 is 22.9 Å². The number of nitrogens with one attached hydrogen (secondary N) is 1. The van der Waals surface area contributed by atoms with Gasteiger partial charge in [-0.15, -0.1) is 11.3 Å². The summed E-state index contributed by atoms with van der Waals surface area (Å²) in [7, 11) is 0. The van der Waals surface area contributed by atoms with Crippen molar-refractivity contribution < 1.29 is 4.74 Å². The van der Waals surface area contributed by atoms with E-state index in [0.717, 1.165) is 36.8 Å². The van der Waals surface area contributed by atoms with Crippen LogP contribution in [0.25, 0.3) is 0 Å². The lowest BCUT2D eigenvalue weighted by atomic mass is 10.1. The minimum absolute atomic E-state index is 0.301. The minimum Gasteiger partial charge on any atom is -0.382 e. The first-order valence-electron chi connectivity index (χ1n) is 5.54. The third-order valence-corrected chi connectivity index (χ3v) is 3.61. The van der Waals surface area contributed by atoms with Gasteiger partial charge in [0.25, 0.3) is 0 Å². The Morgan fingerprint density at radius 3 is 2.94 bits per heavy atom. The fraction of sp³-hybridized carbons (Fsp3) is 0.636. The van der Waals surface area contributed by atoms with E-state index in [1.54, 1.807) is 11.3 Å². The molecule has 0 aliphatic heterocycles. The van der Waals surface area contributed by atoms with E-state index in [0.29, 0.717) is 6.04 Å². The van der Waals surface area contributed by atoms with Crippen LogP contribution in [0.15, 0.2) is 12.1 Å². The van der Waals surface area contributed by atoms with Gasteiger partial charge in [0.15, 0.2) is 0 Å². The molecule has 0 saturated heterocycles. The van der Waals surface area contributed by atoms with Crippen LogP contribution in [0.5, 0.6) is 0 Å². The zero-order chi connectivity index (χ0) is 11.8. The highest BCUT2D eigenvalue weighted by molar-refractivity contribution is 7.16. The smallest absolute Gasteiger partial charge is 0.0931 e. The van der Waals surface area contributed by atoms with Gasteiger partial charge in [-0.2, -0.15) is 0 Å². The number of hydrogen-bond acceptors (Lipinski definition) is 4. The number of rotatable bonds is 8. The second-order valence-corrected chi connectivity index (χ2v) is 5.41. The van der Waals surface area contributed by atoms with E-state index < -0.39 is 0 Å². The monoisotopic (exact) mass is 262 g/mol. The predicted octanol–water partition coefficient (Wildman–Crippen LogP) is 2.59. The van der Waals surface area contributed by atoms with Gasteiger partial charge in [0.05, 0.1) is 4.34 Å². The summed E-state index contributed by atoms with van der Waals surface area (Å²) >= 11 is 7.49. The van der Waals surface area contributed by atoms with Crippen molar-refractivity contribution in [2.45, 2.75) is 32.2 Å². The summed E-state index contributed by atoms with van der Waals surface area (Å²) in [6.45, 7) is 3.59. The van der Waals surface area contributed by atoms with E-state index in [1.165, 1.54) is 4.88 Å². The fourth-order valence-electron chi connectivity index (χ4n) is 1.52. The van der Waals surface area contributed by atoms with Gasteiger partial charge in [0.1, 0.15) is 0 Å². The molecule has 0 aromatic carbocycles. The SMILES string of the molecule is CCOCCCC(Cc1ccc(Cl)s1)NN. The number of hydrazine groups is 1. The maximum absolute atomic E-state index is 5.88. The van der Waals surface area contributed by atoms with E-state index in [9.17, 15) is 0 Å². The Morgan fingerprint density at radius 2 is 2.38 bits per heavy atom. The van der Waals surface area contributed by atoms with Crippen molar-refractivity contribution in [2.24, 2.45) is 5.84 Å². The standard InChI is InChI=1S/C11H19ClN2OS/c1-2-15-7-3-4-9(14-13)8-10-5-6-11(12)16-10/h5-6,9,14H,2-4,7-8,13H2,1H3. The second kappa shape index (κ2) is 8.03. The molecule has 0 bridgehead atoms. The van der Waals surface area contributed by atoms with E-state index >= 15 is 0 Å². The first-order chi connectivity index (χ1) is 7.76. The summed E-state index contributed by atoms with van der Waals surface area (Å²) in [6, 6.07) is 4.28. The maximum atomic E-state index is 5.88. The van der Waals surface area contributed by atoms with Gasteiger partial charge in [-0.05, 0) is 38.3 Å². The number of ether oxygens (including phenoxy) is 1. The van der Waals surface area contributed by atoms with Crippen LogP contribution in [0.1, 0.15) is 24.6 Å². The van der Waals surface area contributed by atoms with Gasteiger partial charge in [-0.1, -0.05) is 11.6 Å². The Labute approximate surface area is 106 Å². The average Bonchev–Trinajstić information content (AvgIpc) is 2.68. The molecule has 0 saturated carbocycles. The highest BCUT2D eigenvalue weighted by Crippen LogP contribution is 2.23. The van der Waals surface area contributed by atoms with Gasteiger partial charge in [-0.25, -0.2) is 0 Å². The van der Waals surface area contributed by atoms with Gasteiger partial charge in [0, 0.05) is 24.1 Å². The molecule has 1 aromatic rings. The summed E-state index contributed by atoms with van der Waals surface area (Å²) in [6.07, 6.45) is 2.98. The maximum Gasteiger partial charge on any atom is 0.0931 e. The molecule has 1 rings (SSSR count). The predicted molar refractivity (Wildman–Crippen MR) is 69.9 cm³/mol. The highest BCUT2D eigenvalue weighted by Gasteiger charge is 2.09. The summed E-state index contributed by atoms with van der Waals surface area (Å²) in [5.41, 5.74) is 2.84. The van der Waals surface area contributed by atoms with E-state index in [4.69, 9.17) is 22.2 Å². The van der Waals surface area contributed by atoms with Crippen LogP contribution in [-0.4, -0.2) is 19.3 Å². The van der Waals surface area contributed by atoms with Gasteiger partial charge in [0.2, 0.25) is 0 Å². The summed E-state index contributed by atoms with van der Waals surface area (Å²) < 4.78 is 6.13. The van der Waals surface area contributed by atoms with Crippen molar-refractivity contribution in [3.63, 3.8) is 0 Å². The van der Waals surface area contributed by atoms with Crippen molar-refractivity contribution in [1.82, 2.24) is 5.43 Å². The molecule has 1 unspecified atom stereocenters. The molecule has 3 nitrogen and oxygen atoms in total. The molecule has 1 aromatic heterocycles. The summed E-state index contributed by atoms with van der Waals surface area (Å²) in [5, 5.41) is 0. The third kappa shape index (κ3) is 5.27. The number of nitrogens with two attached hydrogens (primary N) is 1. The molecule has 0 fully saturated rings. The molecule has 0 spiro atoms. The Morgan fingerprint density at radius 1 is 1.56 bits per heavy atom. The Kier molecular flexibility index (Phi) is 7.00. The van der Waals surface area contributed by atoms with Crippen LogP contribution >= 0.6 is 22.9 Å². The zero-order valence-corrected chi connectivity index (χ0v) is 11.1. The number of hydrogen-bond donors (Lipinski definition) is 2. The molecule has 92 valence electrons. The number of halogens is 1. The molecule has 1 atom stereocenters. The van der Waals surface area contributed by atoms with E-state index in [2.05, 4.69) is 11.5 Å². The lowest BCUT2D eigenvalue weighted by Crippen LogP contribution is -2.36. The van der Waals surface area contributed by atoms with Crippen LogP contribution in [0, 0.1) is 0 Å². The van der Waals surface area contributed by atoms with E-state index in [1.807, 2.05) is 13.0 Å². The molecule has 0 aliphatic carbocycles. The van der Waals surface area contributed by atoms with Crippen LogP contribution in [0.4, 0.5) is 0 Å². The molecule has 0 aliphatic rings. The van der Waals surface area contributed by atoms with Crippen LogP contribution in [0.2, 0.25) is 4.34 Å². The Hall–Kier alpha value is -0.130. The topological polar surface area (TPSA) is 47.3 Å². The molecule has 1 heterocycles. The Bertz CT molecular complexity index is 293. The van der Waals surface area contributed by atoms with Crippen LogP contribution < -0.4 is 11.3 Å². The molecule has 16 heavy (non-hydrogen) atoms. The largest absolute Gasteiger partial charge is 0.382 e. The first kappa shape index (κ1) is 13.9. The summed E-state index contributed by atoms with van der Waals surface area (Å²) in [5.74, 6) is 5.52. The number of thiophene rings is 1. The van der Waals surface area contributed by atoms with Crippen LogP contribution in [-0.2, 0) is 11.2 Å². The molecular formula is C11H19ClN2OS. The van der Waals surface area contributed by atoms with Crippen molar-refractivity contribution in [3.8, 4) is 0 Å². The van der Waals surface area contributed by atoms with Crippen molar-refractivity contribution in [1.29, 1.82) is 0 Å². The van der Waals surface area contributed by atoms with Crippen molar-refractivity contribution in [3.05, 3.63) is 21.3 Å². The summed E-state index contributed by atoms with van der Waals surface area (Å²) in [4.78, 5) is 1.27. The lowest BCUT2D eigenvalue weighted by Gasteiger charge is -2.14. The third-order valence-electron chi connectivity index (χ3n) is 2.36.